The van der Waals surface area contributed by atoms with Gasteiger partial charge in [0.2, 0.25) is 5.91 Å². The van der Waals surface area contributed by atoms with Gasteiger partial charge in [-0.2, -0.15) is 0 Å². The minimum atomic E-state index is -0.394. The topological polar surface area (TPSA) is 55.1 Å². The lowest BCUT2D eigenvalue weighted by Crippen LogP contribution is -2.34. The molecule has 3 heteroatoms. The molecule has 0 bridgehead atoms. The summed E-state index contributed by atoms with van der Waals surface area (Å²) < 4.78 is 0. The smallest absolute Gasteiger partial charge is 0.224 e. The molecule has 3 N–H and O–H groups in total. The van der Waals surface area contributed by atoms with Crippen molar-refractivity contribution in [1.82, 2.24) is 0 Å². The zero-order chi connectivity index (χ0) is 11.1. The van der Waals surface area contributed by atoms with E-state index in [1.54, 1.807) is 0 Å². The van der Waals surface area contributed by atoms with E-state index >= 15 is 0 Å². The second-order valence-corrected chi connectivity index (χ2v) is 4.51. The molecular formula is C12H16N2O. The third-order valence-electron chi connectivity index (χ3n) is 3.25. The Bertz CT molecular complexity index is 414. The summed E-state index contributed by atoms with van der Waals surface area (Å²) in [7, 11) is 1.89. The van der Waals surface area contributed by atoms with E-state index in [0.29, 0.717) is 0 Å². The Morgan fingerprint density at radius 1 is 1.40 bits per heavy atom. The number of hydrogen-bond acceptors (Lipinski definition) is 2. The average Bonchev–Trinajstić information content (AvgIpc) is 2.54. The van der Waals surface area contributed by atoms with E-state index in [1.807, 2.05) is 20.0 Å². The average molecular weight is 204 g/mol. The SMILES string of the molecule is CNc1ccc2c(c1)CC(C)(C(N)=O)C2. The van der Waals surface area contributed by atoms with E-state index in [0.717, 1.165) is 18.5 Å². The molecular weight excluding hydrogens is 188 g/mol. The van der Waals surface area contributed by atoms with Crippen molar-refractivity contribution in [3.8, 4) is 0 Å². The van der Waals surface area contributed by atoms with E-state index in [9.17, 15) is 4.79 Å². The molecule has 1 aliphatic rings. The number of nitrogens with two attached hydrogens (primary N) is 1. The molecule has 1 amide bonds. The zero-order valence-electron chi connectivity index (χ0n) is 9.13. The van der Waals surface area contributed by atoms with Crippen LogP contribution in [-0.4, -0.2) is 13.0 Å². The van der Waals surface area contributed by atoms with Crippen LogP contribution in [0.4, 0.5) is 5.69 Å². The lowest BCUT2D eigenvalue weighted by Gasteiger charge is -2.17. The second-order valence-electron chi connectivity index (χ2n) is 4.51. The summed E-state index contributed by atoms with van der Waals surface area (Å²) in [6.07, 6.45) is 1.52. The van der Waals surface area contributed by atoms with Gasteiger partial charge in [0.25, 0.3) is 0 Å². The first-order valence-electron chi connectivity index (χ1n) is 5.15. The van der Waals surface area contributed by atoms with Crippen LogP contribution in [0.5, 0.6) is 0 Å². The Balaban J connectivity index is 2.35. The molecule has 0 heterocycles. The molecule has 3 nitrogen and oxygen atoms in total. The van der Waals surface area contributed by atoms with E-state index in [4.69, 9.17) is 5.73 Å². The van der Waals surface area contributed by atoms with Gasteiger partial charge >= 0.3 is 0 Å². The fraction of sp³-hybridized carbons (Fsp3) is 0.417. The first-order chi connectivity index (χ1) is 7.05. The Hall–Kier alpha value is -1.51. The Kier molecular flexibility index (Phi) is 2.18. The van der Waals surface area contributed by atoms with Crippen molar-refractivity contribution in [3.05, 3.63) is 29.3 Å². The summed E-state index contributed by atoms with van der Waals surface area (Å²) in [5, 5.41) is 3.10. The van der Waals surface area contributed by atoms with E-state index < -0.39 is 5.41 Å². The highest BCUT2D eigenvalue weighted by molar-refractivity contribution is 5.82. The van der Waals surface area contributed by atoms with Gasteiger partial charge in [-0.3, -0.25) is 4.79 Å². The Labute approximate surface area is 89.7 Å². The molecule has 1 aliphatic carbocycles. The summed E-state index contributed by atoms with van der Waals surface area (Å²) in [5.74, 6) is -0.204. The lowest BCUT2D eigenvalue weighted by atomic mass is 9.87. The molecule has 0 spiro atoms. The molecule has 0 aliphatic heterocycles. The number of benzene rings is 1. The van der Waals surface area contributed by atoms with Crippen LogP contribution in [0.25, 0.3) is 0 Å². The number of primary amides is 1. The molecule has 80 valence electrons. The highest BCUT2D eigenvalue weighted by Gasteiger charge is 2.37. The third kappa shape index (κ3) is 1.58. The first-order valence-corrected chi connectivity index (χ1v) is 5.15. The standard InChI is InChI=1S/C12H16N2O/c1-12(11(13)15)6-8-3-4-10(14-2)5-9(8)7-12/h3-5,14H,6-7H2,1-2H3,(H2,13,15). The number of hydrogen-bond donors (Lipinski definition) is 2. The van der Waals surface area contributed by atoms with Gasteiger partial charge in [-0.1, -0.05) is 13.0 Å². The molecule has 0 saturated heterocycles. The normalized spacial score (nSPS) is 23.6. The van der Waals surface area contributed by atoms with Gasteiger partial charge in [0.05, 0.1) is 5.41 Å². The van der Waals surface area contributed by atoms with Crippen LogP contribution < -0.4 is 11.1 Å². The number of amides is 1. The summed E-state index contributed by atoms with van der Waals surface area (Å²) >= 11 is 0. The largest absolute Gasteiger partial charge is 0.388 e. The van der Waals surface area contributed by atoms with Crippen molar-refractivity contribution in [3.63, 3.8) is 0 Å². The number of carbonyl (C=O) groups is 1. The van der Waals surface area contributed by atoms with Gasteiger partial charge in [-0.05, 0) is 36.1 Å². The second kappa shape index (κ2) is 3.26. The van der Waals surface area contributed by atoms with Gasteiger partial charge in [0.1, 0.15) is 0 Å². The molecule has 0 fully saturated rings. The number of carbonyl (C=O) groups excluding carboxylic acids is 1. The summed E-state index contributed by atoms with van der Waals surface area (Å²) in [4.78, 5) is 11.4. The number of anilines is 1. The molecule has 0 saturated carbocycles. The fourth-order valence-electron chi connectivity index (χ4n) is 2.20. The van der Waals surface area contributed by atoms with Crippen molar-refractivity contribution in [2.75, 3.05) is 12.4 Å². The van der Waals surface area contributed by atoms with Crippen molar-refractivity contribution in [2.45, 2.75) is 19.8 Å². The van der Waals surface area contributed by atoms with Gasteiger partial charge in [-0.25, -0.2) is 0 Å². The predicted molar refractivity (Wildman–Crippen MR) is 60.7 cm³/mol. The molecule has 0 aromatic heterocycles. The minimum Gasteiger partial charge on any atom is -0.388 e. The first kappa shape index (κ1) is 10.0. The van der Waals surface area contributed by atoms with Crippen molar-refractivity contribution in [1.29, 1.82) is 0 Å². The predicted octanol–water partition coefficient (Wildman–Crippen LogP) is 1.32. The van der Waals surface area contributed by atoms with Crippen LogP contribution >= 0.6 is 0 Å². The Morgan fingerprint density at radius 2 is 2.07 bits per heavy atom. The molecule has 15 heavy (non-hydrogen) atoms. The van der Waals surface area contributed by atoms with Crippen LogP contribution in [0.1, 0.15) is 18.1 Å². The van der Waals surface area contributed by atoms with Crippen LogP contribution in [-0.2, 0) is 17.6 Å². The van der Waals surface area contributed by atoms with Gasteiger partial charge in [0, 0.05) is 12.7 Å². The van der Waals surface area contributed by atoms with Gasteiger partial charge < -0.3 is 11.1 Å². The highest BCUT2D eigenvalue weighted by atomic mass is 16.1. The van der Waals surface area contributed by atoms with Gasteiger partial charge in [0.15, 0.2) is 0 Å². The fourth-order valence-corrected chi connectivity index (χ4v) is 2.20. The quantitative estimate of drug-likeness (QED) is 0.763. The van der Waals surface area contributed by atoms with Crippen LogP contribution in [0, 0.1) is 5.41 Å². The van der Waals surface area contributed by atoms with E-state index in [1.165, 1.54) is 11.1 Å². The number of fused-ring (bicyclic) bond motifs is 1. The van der Waals surface area contributed by atoms with E-state index in [2.05, 4.69) is 17.4 Å². The third-order valence-corrected chi connectivity index (χ3v) is 3.25. The number of nitrogens with one attached hydrogen (secondary N) is 1. The minimum absolute atomic E-state index is 0.204. The maximum Gasteiger partial charge on any atom is 0.224 e. The summed E-state index contributed by atoms with van der Waals surface area (Å²) in [5.41, 5.74) is 8.60. The summed E-state index contributed by atoms with van der Waals surface area (Å²) in [6.45, 7) is 1.94. The highest BCUT2D eigenvalue weighted by Crippen LogP contribution is 2.37. The van der Waals surface area contributed by atoms with Crippen LogP contribution in [0.3, 0.4) is 0 Å². The molecule has 1 atom stereocenters. The Morgan fingerprint density at radius 3 is 2.67 bits per heavy atom. The monoisotopic (exact) mass is 204 g/mol. The maximum atomic E-state index is 11.4. The van der Waals surface area contributed by atoms with Gasteiger partial charge in [-0.15, -0.1) is 0 Å². The number of rotatable bonds is 2. The van der Waals surface area contributed by atoms with Crippen molar-refractivity contribution >= 4 is 11.6 Å². The zero-order valence-corrected chi connectivity index (χ0v) is 9.13. The van der Waals surface area contributed by atoms with Crippen molar-refractivity contribution < 1.29 is 4.79 Å². The molecule has 0 radical (unpaired) electrons. The summed E-state index contributed by atoms with van der Waals surface area (Å²) in [6, 6.07) is 6.21. The van der Waals surface area contributed by atoms with Crippen LogP contribution in [0.2, 0.25) is 0 Å². The molecule has 1 unspecified atom stereocenters. The molecule has 1 aromatic rings. The lowest BCUT2D eigenvalue weighted by molar-refractivity contribution is -0.126. The van der Waals surface area contributed by atoms with Crippen molar-refractivity contribution in [2.24, 2.45) is 11.1 Å². The van der Waals surface area contributed by atoms with E-state index in [-0.39, 0.29) is 5.91 Å². The molecule has 2 rings (SSSR count). The maximum absolute atomic E-state index is 11.4. The van der Waals surface area contributed by atoms with Crippen LogP contribution in [0.15, 0.2) is 18.2 Å². The molecule has 1 aromatic carbocycles.